The van der Waals surface area contributed by atoms with E-state index >= 15 is 0 Å². The maximum absolute atomic E-state index is 12.9. The molecule has 0 bridgehead atoms. The van der Waals surface area contributed by atoms with Crippen molar-refractivity contribution < 1.29 is 29.4 Å². The Hall–Kier alpha value is -1.85. The van der Waals surface area contributed by atoms with Crippen molar-refractivity contribution in [3.05, 3.63) is 0 Å². The number of nitrogens with two attached hydrogens (primary N) is 1. The lowest BCUT2D eigenvalue weighted by Crippen LogP contribution is -2.61. The summed E-state index contributed by atoms with van der Waals surface area (Å²) < 4.78 is 0. The fraction of sp³-hybridized carbons (Fsp3) is 0.810. The Morgan fingerprint density at radius 2 is 1.47 bits per heavy atom. The monoisotopic (exact) mass is 476 g/mol. The first-order valence-electron chi connectivity index (χ1n) is 10.9. The smallest absolute Gasteiger partial charge is 0.326 e. The zero-order valence-corrected chi connectivity index (χ0v) is 20.7. The molecule has 0 fully saturated rings. The average molecular weight is 477 g/mol. The Bertz CT molecular complexity index is 631. The van der Waals surface area contributed by atoms with Gasteiger partial charge in [-0.3, -0.25) is 14.4 Å². The van der Waals surface area contributed by atoms with Gasteiger partial charge in [0.25, 0.3) is 0 Å². The summed E-state index contributed by atoms with van der Waals surface area (Å²) in [6.45, 7) is 8.61. The number of carbonyl (C=O) groups is 4. The van der Waals surface area contributed by atoms with Crippen LogP contribution in [0.25, 0.3) is 0 Å². The number of hydrogen-bond donors (Lipinski definition) is 6. The summed E-state index contributed by atoms with van der Waals surface area (Å²) >= 11 is 1.53. The number of nitrogens with one attached hydrogen (secondary N) is 3. The number of hydrogen-bond acceptors (Lipinski definition) is 7. The van der Waals surface area contributed by atoms with Crippen LogP contribution in [0.5, 0.6) is 0 Å². The van der Waals surface area contributed by atoms with Crippen LogP contribution in [-0.4, -0.2) is 76.2 Å². The summed E-state index contributed by atoms with van der Waals surface area (Å²) in [4.78, 5) is 49.6. The third-order valence-corrected chi connectivity index (χ3v) is 5.79. The van der Waals surface area contributed by atoms with E-state index < -0.39 is 54.0 Å². The second-order valence-corrected chi connectivity index (χ2v) is 9.50. The van der Waals surface area contributed by atoms with Gasteiger partial charge in [-0.1, -0.05) is 34.1 Å². The molecule has 32 heavy (non-hydrogen) atoms. The predicted octanol–water partition coefficient (Wildman–Crippen LogP) is 0.0788. The van der Waals surface area contributed by atoms with E-state index in [-0.39, 0.29) is 18.3 Å². The number of amides is 3. The molecule has 0 aromatic rings. The number of carboxylic acids is 1. The van der Waals surface area contributed by atoms with Gasteiger partial charge in [0.1, 0.15) is 18.1 Å². The Morgan fingerprint density at radius 1 is 0.938 bits per heavy atom. The number of aliphatic hydroxyl groups is 1. The van der Waals surface area contributed by atoms with Crippen LogP contribution in [0.3, 0.4) is 0 Å². The van der Waals surface area contributed by atoms with Crippen LogP contribution in [0.4, 0.5) is 0 Å². The van der Waals surface area contributed by atoms with Crippen LogP contribution in [-0.2, 0) is 19.2 Å². The van der Waals surface area contributed by atoms with Gasteiger partial charge < -0.3 is 31.9 Å². The number of rotatable bonds is 15. The topological polar surface area (TPSA) is 171 Å². The molecular weight excluding hydrogens is 436 g/mol. The summed E-state index contributed by atoms with van der Waals surface area (Å²) in [6, 6.07) is -4.27. The first-order chi connectivity index (χ1) is 14.8. The maximum atomic E-state index is 12.9. The number of thioether (sulfide) groups is 1. The van der Waals surface area contributed by atoms with Crippen LogP contribution < -0.4 is 21.7 Å². The Kier molecular flexibility index (Phi) is 14.2. The Labute approximate surface area is 194 Å². The number of aliphatic carboxylic acids is 1. The Balaban J connectivity index is 5.43. The van der Waals surface area contributed by atoms with Gasteiger partial charge in [-0.15, -0.1) is 0 Å². The maximum Gasteiger partial charge on any atom is 0.326 e. The van der Waals surface area contributed by atoms with E-state index in [9.17, 15) is 29.4 Å². The van der Waals surface area contributed by atoms with Crippen molar-refractivity contribution in [2.75, 3.05) is 12.0 Å². The molecule has 186 valence electrons. The molecular formula is C21H40N4O6S. The zero-order valence-electron chi connectivity index (χ0n) is 19.9. The highest BCUT2D eigenvalue weighted by Crippen LogP contribution is 2.11. The number of carboxylic acid groups (broad SMARTS) is 1. The van der Waals surface area contributed by atoms with Gasteiger partial charge in [0.15, 0.2) is 0 Å². The van der Waals surface area contributed by atoms with Gasteiger partial charge in [-0.2, -0.15) is 11.8 Å². The fourth-order valence-corrected chi connectivity index (χ4v) is 3.43. The normalized spacial score (nSPS) is 16.9. The molecule has 0 saturated carbocycles. The predicted molar refractivity (Wildman–Crippen MR) is 125 cm³/mol. The minimum atomic E-state index is -1.31. The van der Waals surface area contributed by atoms with Crippen LogP contribution in [0, 0.1) is 11.8 Å². The molecule has 3 amide bonds. The molecule has 0 heterocycles. The van der Waals surface area contributed by atoms with Crippen molar-refractivity contribution in [3.63, 3.8) is 0 Å². The molecule has 0 aromatic carbocycles. The molecule has 0 aliphatic heterocycles. The van der Waals surface area contributed by atoms with Crippen LogP contribution >= 0.6 is 11.8 Å². The number of aliphatic hydroxyl groups excluding tert-OH is 1. The molecule has 0 aliphatic rings. The van der Waals surface area contributed by atoms with Gasteiger partial charge in [0.2, 0.25) is 17.7 Å². The van der Waals surface area contributed by atoms with Crippen molar-refractivity contribution in [2.45, 2.75) is 84.2 Å². The quantitative estimate of drug-likeness (QED) is 0.193. The molecule has 6 atom stereocenters. The standard InChI is InChI=1S/C21H40N4O6S/c1-7-12(4)16(19(28)23-15(21(30)31)10-11(2)3)24-20(29)17(13(5)26)25-18(27)14(22)8-9-32-6/h11-17,26H,7-10,22H2,1-6H3,(H,23,28)(H,24,29)(H,25,27)(H,30,31). The molecule has 0 spiro atoms. The van der Waals surface area contributed by atoms with Crippen LogP contribution in [0.15, 0.2) is 0 Å². The minimum Gasteiger partial charge on any atom is -0.480 e. The fourth-order valence-electron chi connectivity index (χ4n) is 2.94. The lowest BCUT2D eigenvalue weighted by Gasteiger charge is -2.29. The third-order valence-electron chi connectivity index (χ3n) is 5.15. The highest BCUT2D eigenvalue weighted by atomic mass is 32.2. The highest BCUT2D eigenvalue weighted by molar-refractivity contribution is 7.98. The highest BCUT2D eigenvalue weighted by Gasteiger charge is 2.34. The van der Waals surface area contributed by atoms with E-state index in [0.717, 1.165) is 0 Å². The van der Waals surface area contributed by atoms with Gasteiger partial charge >= 0.3 is 5.97 Å². The molecule has 11 heteroatoms. The molecule has 0 saturated heterocycles. The summed E-state index contributed by atoms with van der Waals surface area (Å²) in [5, 5.41) is 27.0. The zero-order chi connectivity index (χ0) is 25.0. The van der Waals surface area contributed by atoms with E-state index in [1.54, 1.807) is 6.92 Å². The Morgan fingerprint density at radius 3 is 1.91 bits per heavy atom. The van der Waals surface area contributed by atoms with Crippen LogP contribution in [0.1, 0.15) is 53.9 Å². The van der Waals surface area contributed by atoms with Gasteiger partial charge in [0.05, 0.1) is 12.1 Å². The van der Waals surface area contributed by atoms with E-state index in [1.807, 2.05) is 27.0 Å². The average Bonchev–Trinajstić information content (AvgIpc) is 2.71. The van der Waals surface area contributed by atoms with E-state index in [1.165, 1.54) is 18.7 Å². The lowest BCUT2D eigenvalue weighted by molar-refractivity contribution is -0.143. The SMILES string of the molecule is CCC(C)C(NC(=O)C(NC(=O)C(N)CCSC)C(C)O)C(=O)NC(CC(C)C)C(=O)O. The first-order valence-corrected chi connectivity index (χ1v) is 12.3. The van der Waals surface area contributed by atoms with Crippen molar-refractivity contribution >= 4 is 35.5 Å². The van der Waals surface area contributed by atoms with Crippen molar-refractivity contribution in [2.24, 2.45) is 17.6 Å². The molecule has 0 aliphatic carbocycles. The molecule has 10 nitrogen and oxygen atoms in total. The van der Waals surface area contributed by atoms with Gasteiger partial charge in [-0.05, 0) is 43.6 Å². The van der Waals surface area contributed by atoms with Crippen molar-refractivity contribution in [1.29, 1.82) is 0 Å². The van der Waals surface area contributed by atoms with Crippen molar-refractivity contribution in [1.82, 2.24) is 16.0 Å². The second kappa shape index (κ2) is 15.1. The van der Waals surface area contributed by atoms with E-state index in [0.29, 0.717) is 18.6 Å². The molecule has 0 rings (SSSR count). The summed E-state index contributed by atoms with van der Waals surface area (Å²) in [6.07, 6.45) is 1.83. The first kappa shape index (κ1) is 30.1. The molecule has 7 N–H and O–H groups in total. The summed E-state index contributed by atoms with van der Waals surface area (Å²) in [5.41, 5.74) is 5.84. The molecule has 6 unspecified atom stereocenters. The van der Waals surface area contributed by atoms with Gasteiger partial charge in [0, 0.05) is 0 Å². The number of carbonyl (C=O) groups excluding carboxylic acids is 3. The molecule has 0 aromatic heterocycles. The van der Waals surface area contributed by atoms with Crippen molar-refractivity contribution in [3.8, 4) is 0 Å². The minimum absolute atomic E-state index is 0.0400. The molecule has 0 radical (unpaired) electrons. The van der Waals surface area contributed by atoms with Gasteiger partial charge in [-0.25, -0.2) is 4.79 Å². The van der Waals surface area contributed by atoms with Crippen LogP contribution in [0.2, 0.25) is 0 Å². The van der Waals surface area contributed by atoms with E-state index in [2.05, 4.69) is 16.0 Å². The third kappa shape index (κ3) is 10.6. The largest absolute Gasteiger partial charge is 0.480 e. The second-order valence-electron chi connectivity index (χ2n) is 8.52. The summed E-state index contributed by atoms with van der Waals surface area (Å²) in [5.74, 6) is -2.73. The van der Waals surface area contributed by atoms with E-state index in [4.69, 9.17) is 5.73 Å². The summed E-state index contributed by atoms with van der Waals surface area (Å²) in [7, 11) is 0. The lowest BCUT2D eigenvalue weighted by atomic mass is 9.96.